The van der Waals surface area contributed by atoms with Crippen LogP contribution in [-0.4, -0.2) is 10.1 Å². The summed E-state index contributed by atoms with van der Waals surface area (Å²) >= 11 is 0. The second kappa shape index (κ2) is 5.11. The molecule has 0 bridgehead atoms. The first-order valence-corrected chi connectivity index (χ1v) is 5.81. The largest absolute Gasteiger partial charge is 0.388 e. The molecule has 0 aliphatic heterocycles. The Labute approximate surface area is 102 Å². The standard InChI is InChI=1S/C15H17NO/c1-11-5-6-12(2)14(8-11)9-15(17)13-4-3-7-16-10-13/h3-8,10,15,17H,9H2,1-2H3. The molecule has 0 fully saturated rings. The predicted octanol–water partition coefficient (Wildman–Crippen LogP) is 2.97. The SMILES string of the molecule is Cc1ccc(C)c(CC(O)c2cccnc2)c1. The van der Waals surface area contributed by atoms with E-state index in [-0.39, 0.29) is 0 Å². The van der Waals surface area contributed by atoms with Crippen LogP contribution in [0, 0.1) is 13.8 Å². The van der Waals surface area contributed by atoms with Crippen molar-refractivity contribution in [2.45, 2.75) is 26.4 Å². The molecule has 0 spiro atoms. The normalized spacial score (nSPS) is 12.4. The lowest BCUT2D eigenvalue weighted by Crippen LogP contribution is -2.03. The zero-order valence-electron chi connectivity index (χ0n) is 10.2. The number of aliphatic hydroxyl groups excluding tert-OH is 1. The van der Waals surface area contributed by atoms with E-state index in [9.17, 15) is 5.11 Å². The van der Waals surface area contributed by atoms with Crippen molar-refractivity contribution in [1.29, 1.82) is 0 Å². The van der Waals surface area contributed by atoms with E-state index in [2.05, 4.69) is 37.0 Å². The van der Waals surface area contributed by atoms with Gasteiger partial charge in [-0.1, -0.05) is 29.8 Å². The number of hydrogen-bond donors (Lipinski definition) is 1. The molecule has 17 heavy (non-hydrogen) atoms. The monoisotopic (exact) mass is 227 g/mol. The minimum Gasteiger partial charge on any atom is -0.388 e. The minimum absolute atomic E-state index is 0.482. The molecule has 0 amide bonds. The van der Waals surface area contributed by atoms with Crippen molar-refractivity contribution in [3.63, 3.8) is 0 Å². The van der Waals surface area contributed by atoms with Crippen LogP contribution in [0.2, 0.25) is 0 Å². The van der Waals surface area contributed by atoms with Crippen LogP contribution < -0.4 is 0 Å². The molecule has 0 aliphatic rings. The van der Waals surface area contributed by atoms with Crippen molar-refractivity contribution in [2.24, 2.45) is 0 Å². The summed E-state index contributed by atoms with van der Waals surface area (Å²) in [6.45, 7) is 4.14. The van der Waals surface area contributed by atoms with Crippen LogP contribution in [0.3, 0.4) is 0 Å². The van der Waals surface area contributed by atoms with Gasteiger partial charge in [0.1, 0.15) is 0 Å². The van der Waals surface area contributed by atoms with Crippen LogP contribution in [0.5, 0.6) is 0 Å². The lowest BCUT2D eigenvalue weighted by atomic mass is 9.97. The fourth-order valence-electron chi connectivity index (χ4n) is 1.92. The van der Waals surface area contributed by atoms with Gasteiger partial charge in [-0.3, -0.25) is 4.98 Å². The zero-order valence-corrected chi connectivity index (χ0v) is 10.2. The quantitative estimate of drug-likeness (QED) is 0.874. The van der Waals surface area contributed by atoms with Gasteiger partial charge in [-0.15, -0.1) is 0 Å². The summed E-state index contributed by atoms with van der Waals surface area (Å²) in [5.74, 6) is 0. The maximum Gasteiger partial charge on any atom is 0.0845 e. The van der Waals surface area contributed by atoms with Crippen LogP contribution in [0.25, 0.3) is 0 Å². The Kier molecular flexibility index (Phi) is 3.55. The number of pyridine rings is 1. The van der Waals surface area contributed by atoms with Crippen LogP contribution in [-0.2, 0) is 6.42 Å². The molecule has 1 aromatic heterocycles. The first kappa shape index (κ1) is 11.8. The molecule has 2 heteroatoms. The molecule has 1 heterocycles. The van der Waals surface area contributed by atoms with E-state index < -0.39 is 6.10 Å². The minimum atomic E-state index is -0.482. The van der Waals surface area contributed by atoms with E-state index in [1.54, 1.807) is 12.4 Å². The summed E-state index contributed by atoms with van der Waals surface area (Å²) in [7, 11) is 0. The molecule has 0 aliphatic carbocycles. The van der Waals surface area contributed by atoms with Gasteiger partial charge in [-0.05, 0) is 36.6 Å². The zero-order chi connectivity index (χ0) is 12.3. The number of nitrogens with zero attached hydrogens (tertiary/aromatic N) is 1. The lowest BCUT2D eigenvalue weighted by molar-refractivity contribution is 0.178. The molecule has 1 N–H and O–H groups in total. The molecule has 88 valence electrons. The van der Waals surface area contributed by atoms with Crippen LogP contribution in [0.4, 0.5) is 0 Å². The van der Waals surface area contributed by atoms with E-state index in [4.69, 9.17) is 0 Å². The van der Waals surface area contributed by atoms with Gasteiger partial charge in [0.15, 0.2) is 0 Å². The molecule has 2 aromatic rings. The fourth-order valence-corrected chi connectivity index (χ4v) is 1.92. The van der Waals surface area contributed by atoms with Crippen molar-refractivity contribution in [1.82, 2.24) is 4.98 Å². The summed E-state index contributed by atoms with van der Waals surface area (Å²) in [5.41, 5.74) is 4.51. The Balaban J connectivity index is 2.18. The number of aromatic nitrogens is 1. The third kappa shape index (κ3) is 2.92. The Morgan fingerprint density at radius 2 is 2.06 bits per heavy atom. The van der Waals surface area contributed by atoms with Crippen molar-refractivity contribution >= 4 is 0 Å². The highest BCUT2D eigenvalue weighted by atomic mass is 16.3. The first-order valence-electron chi connectivity index (χ1n) is 5.81. The number of aryl methyl sites for hydroxylation is 2. The fraction of sp³-hybridized carbons (Fsp3) is 0.267. The van der Waals surface area contributed by atoms with Gasteiger partial charge in [0.05, 0.1) is 6.10 Å². The average Bonchev–Trinajstić information content (AvgIpc) is 2.35. The van der Waals surface area contributed by atoms with Gasteiger partial charge in [-0.2, -0.15) is 0 Å². The van der Waals surface area contributed by atoms with Crippen LogP contribution in [0.1, 0.15) is 28.4 Å². The summed E-state index contributed by atoms with van der Waals surface area (Å²) in [4.78, 5) is 4.03. The number of hydrogen-bond acceptors (Lipinski definition) is 2. The van der Waals surface area contributed by atoms with Gasteiger partial charge in [0.2, 0.25) is 0 Å². The van der Waals surface area contributed by atoms with Gasteiger partial charge in [0.25, 0.3) is 0 Å². The molecule has 0 saturated carbocycles. The Bertz CT molecular complexity index is 494. The van der Waals surface area contributed by atoms with Crippen molar-refractivity contribution < 1.29 is 5.11 Å². The van der Waals surface area contributed by atoms with E-state index in [0.29, 0.717) is 6.42 Å². The number of benzene rings is 1. The molecular formula is C15H17NO. The first-order chi connectivity index (χ1) is 8.16. The van der Waals surface area contributed by atoms with E-state index >= 15 is 0 Å². The highest BCUT2D eigenvalue weighted by Gasteiger charge is 2.10. The Morgan fingerprint density at radius 3 is 2.76 bits per heavy atom. The van der Waals surface area contributed by atoms with Gasteiger partial charge < -0.3 is 5.11 Å². The summed E-state index contributed by atoms with van der Waals surface area (Å²) in [6, 6.07) is 10.1. The molecule has 2 rings (SSSR count). The van der Waals surface area contributed by atoms with E-state index in [1.165, 1.54) is 16.7 Å². The van der Waals surface area contributed by atoms with Gasteiger partial charge in [-0.25, -0.2) is 0 Å². The highest BCUT2D eigenvalue weighted by Crippen LogP contribution is 2.20. The smallest absolute Gasteiger partial charge is 0.0845 e. The molecule has 2 nitrogen and oxygen atoms in total. The van der Waals surface area contributed by atoms with Crippen molar-refractivity contribution in [2.75, 3.05) is 0 Å². The summed E-state index contributed by atoms with van der Waals surface area (Å²) in [5, 5.41) is 10.1. The second-order valence-corrected chi connectivity index (χ2v) is 4.44. The molecule has 1 unspecified atom stereocenters. The molecule has 0 saturated heterocycles. The Hall–Kier alpha value is -1.67. The molecular weight excluding hydrogens is 210 g/mol. The second-order valence-electron chi connectivity index (χ2n) is 4.44. The predicted molar refractivity (Wildman–Crippen MR) is 68.8 cm³/mol. The maximum absolute atomic E-state index is 10.1. The summed E-state index contributed by atoms with van der Waals surface area (Å²) < 4.78 is 0. The van der Waals surface area contributed by atoms with Gasteiger partial charge >= 0.3 is 0 Å². The average molecular weight is 227 g/mol. The molecule has 1 aromatic carbocycles. The number of aliphatic hydroxyl groups is 1. The third-order valence-electron chi connectivity index (χ3n) is 2.99. The molecule has 1 atom stereocenters. The summed E-state index contributed by atoms with van der Waals surface area (Å²) in [6.07, 6.45) is 3.59. The van der Waals surface area contributed by atoms with Crippen molar-refractivity contribution in [3.05, 3.63) is 65.0 Å². The Morgan fingerprint density at radius 1 is 1.24 bits per heavy atom. The van der Waals surface area contributed by atoms with Crippen LogP contribution >= 0.6 is 0 Å². The van der Waals surface area contributed by atoms with E-state index in [0.717, 1.165) is 5.56 Å². The van der Waals surface area contributed by atoms with Gasteiger partial charge in [0, 0.05) is 18.8 Å². The van der Waals surface area contributed by atoms with Crippen LogP contribution in [0.15, 0.2) is 42.7 Å². The third-order valence-corrected chi connectivity index (χ3v) is 2.99. The van der Waals surface area contributed by atoms with E-state index in [1.807, 2.05) is 12.1 Å². The number of rotatable bonds is 3. The highest BCUT2D eigenvalue weighted by molar-refractivity contribution is 5.31. The molecule has 0 radical (unpaired) electrons. The lowest BCUT2D eigenvalue weighted by Gasteiger charge is -2.13. The van der Waals surface area contributed by atoms with Crippen molar-refractivity contribution in [3.8, 4) is 0 Å². The topological polar surface area (TPSA) is 33.1 Å². The maximum atomic E-state index is 10.1.